The summed E-state index contributed by atoms with van der Waals surface area (Å²) >= 11 is 3.47. The topological polar surface area (TPSA) is 23.5 Å². The molecular weight excluding hydrogens is 266 g/mol. The Morgan fingerprint density at radius 1 is 1.38 bits per heavy atom. The zero-order valence-corrected chi connectivity index (χ0v) is 11.8. The predicted octanol–water partition coefficient (Wildman–Crippen LogP) is 3.42. The van der Waals surface area contributed by atoms with Crippen LogP contribution in [0.3, 0.4) is 0 Å². The summed E-state index contributed by atoms with van der Waals surface area (Å²) in [6.45, 7) is 5.55. The van der Waals surface area contributed by atoms with Gasteiger partial charge >= 0.3 is 0 Å². The highest BCUT2D eigenvalue weighted by molar-refractivity contribution is 9.10. The number of halogens is 1. The average Bonchev–Trinajstić information content (AvgIpc) is 2.25. The second kappa shape index (κ2) is 6.26. The molecule has 0 heterocycles. The van der Waals surface area contributed by atoms with E-state index in [0.29, 0.717) is 5.92 Å². The SMILES string of the molecule is CC(C)CCN(C)c1cc(Br)ccc1CO. The van der Waals surface area contributed by atoms with Gasteiger partial charge in [-0.05, 0) is 24.5 Å². The van der Waals surface area contributed by atoms with Gasteiger partial charge in [0.05, 0.1) is 6.61 Å². The largest absolute Gasteiger partial charge is 0.392 e. The summed E-state index contributed by atoms with van der Waals surface area (Å²) in [5, 5.41) is 9.29. The molecular formula is C13H20BrNO. The van der Waals surface area contributed by atoms with Crippen molar-refractivity contribution < 1.29 is 5.11 Å². The molecule has 16 heavy (non-hydrogen) atoms. The molecule has 0 radical (unpaired) electrons. The lowest BCUT2D eigenvalue weighted by Gasteiger charge is -2.23. The molecule has 1 rings (SSSR count). The fourth-order valence-electron chi connectivity index (χ4n) is 1.60. The molecule has 0 saturated heterocycles. The molecule has 0 spiro atoms. The van der Waals surface area contributed by atoms with Crippen LogP contribution in [0.1, 0.15) is 25.8 Å². The Hall–Kier alpha value is -0.540. The number of aliphatic hydroxyl groups excluding tert-OH is 1. The minimum atomic E-state index is 0.0919. The van der Waals surface area contributed by atoms with Crippen LogP contribution in [-0.2, 0) is 6.61 Å². The van der Waals surface area contributed by atoms with Crippen LogP contribution < -0.4 is 4.90 Å². The van der Waals surface area contributed by atoms with Crippen molar-refractivity contribution in [2.45, 2.75) is 26.9 Å². The van der Waals surface area contributed by atoms with Gasteiger partial charge in [0.15, 0.2) is 0 Å². The van der Waals surface area contributed by atoms with Gasteiger partial charge in [0.1, 0.15) is 0 Å². The second-order valence-electron chi connectivity index (χ2n) is 4.54. The molecule has 0 aliphatic rings. The molecule has 1 aromatic carbocycles. The van der Waals surface area contributed by atoms with E-state index in [-0.39, 0.29) is 6.61 Å². The van der Waals surface area contributed by atoms with Gasteiger partial charge in [-0.1, -0.05) is 35.8 Å². The molecule has 3 heteroatoms. The maximum absolute atomic E-state index is 9.29. The van der Waals surface area contributed by atoms with E-state index in [1.54, 1.807) is 0 Å². The molecule has 2 nitrogen and oxygen atoms in total. The van der Waals surface area contributed by atoms with E-state index >= 15 is 0 Å². The third-order valence-corrected chi connectivity index (χ3v) is 3.16. The van der Waals surface area contributed by atoms with Crippen LogP contribution in [0.2, 0.25) is 0 Å². The number of anilines is 1. The third-order valence-electron chi connectivity index (χ3n) is 2.67. The number of hydrogen-bond donors (Lipinski definition) is 1. The van der Waals surface area contributed by atoms with Gasteiger partial charge in [-0.3, -0.25) is 0 Å². The van der Waals surface area contributed by atoms with Gasteiger partial charge in [-0.25, -0.2) is 0 Å². The van der Waals surface area contributed by atoms with Crippen molar-refractivity contribution in [3.8, 4) is 0 Å². The molecule has 0 saturated carbocycles. The van der Waals surface area contributed by atoms with Crippen LogP contribution in [0.5, 0.6) is 0 Å². The summed E-state index contributed by atoms with van der Waals surface area (Å²) in [6.07, 6.45) is 1.16. The van der Waals surface area contributed by atoms with Gasteiger partial charge in [-0.2, -0.15) is 0 Å². The van der Waals surface area contributed by atoms with Crippen molar-refractivity contribution in [3.05, 3.63) is 28.2 Å². The first-order valence-corrected chi connectivity index (χ1v) is 6.44. The minimum absolute atomic E-state index is 0.0919. The second-order valence-corrected chi connectivity index (χ2v) is 5.45. The average molecular weight is 286 g/mol. The maximum atomic E-state index is 9.29. The summed E-state index contributed by atoms with van der Waals surface area (Å²) < 4.78 is 1.05. The standard InChI is InChI=1S/C13H20BrNO/c1-10(2)6-7-15(3)13-8-12(14)5-4-11(13)9-16/h4-5,8,10,16H,6-7,9H2,1-3H3. The highest BCUT2D eigenvalue weighted by Crippen LogP contribution is 2.25. The monoisotopic (exact) mass is 285 g/mol. The first kappa shape index (κ1) is 13.5. The van der Waals surface area contributed by atoms with E-state index < -0.39 is 0 Å². The van der Waals surface area contributed by atoms with E-state index in [0.717, 1.165) is 28.7 Å². The summed E-state index contributed by atoms with van der Waals surface area (Å²) in [5.74, 6) is 0.701. The van der Waals surface area contributed by atoms with Crippen molar-refractivity contribution in [2.24, 2.45) is 5.92 Å². The minimum Gasteiger partial charge on any atom is -0.392 e. The van der Waals surface area contributed by atoms with E-state index in [1.807, 2.05) is 12.1 Å². The summed E-state index contributed by atoms with van der Waals surface area (Å²) in [4.78, 5) is 2.20. The van der Waals surface area contributed by atoms with Gasteiger partial charge < -0.3 is 10.0 Å². The Morgan fingerprint density at radius 3 is 2.62 bits per heavy atom. The quantitative estimate of drug-likeness (QED) is 0.896. The van der Waals surface area contributed by atoms with Crippen molar-refractivity contribution in [1.82, 2.24) is 0 Å². The third kappa shape index (κ3) is 3.80. The Bertz CT molecular complexity index is 339. The Kier molecular flexibility index (Phi) is 5.29. The van der Waals surface area contributed by atoms with Crippen LogP contribution in [0.4, 0.5) is 5.69 Å². The van der Waals surface area contributed by atoms with E-state index in [2.05, 4.69) is 47.8 Å². The van der Waals surface area contributed by atoms with Gasteiger partial charge in [0.2, 0.25) is 0 Å². The Morgan fingerprint density at radius 2 is 2.06 bits per heavy atom. The van der Waals surface area contributed by atoms with Crippen molar-refractivity contribution >= 4 is 21.6 Å². The highest BCUT2D eigenvalue weighted by atomic mass is 79.9. The first-order chi connectivity index (χ1) is 7.54. The molecule has 0 amide bonds. The van der Waals surface area contributed by atoms with Crippen LogP contribution >= 0.6 is 15.9 Å². The maximum Gasteiger partial charge on any atom is 0.0702 e. The van der Waals surface area contributed by atoms with Crippen molar-refractivity contribution in [2.75, 3.05) is 18.5 Å². The molecule has 0 aliphatic heterocycles. The fraction of sp³-hybridized carbons (Fsp3) is 0.538. The molecule has 0 aromatic heterocycles. The molecule has 0 bridgehead atoms. The molecule has 1 aromatic rings. The zero-order chi connectivity index (χ0) is 12.1. The molecule has 0 aliphatic carbocycles. The summed E-state index contributed by atoms with van der Waals surface area (Å²) in [7, 11) is 2.07. The highest BCUT2D eigenvalue weighted by Gasteiger charge is 2.08. The number of benzene rings is 1. The van der Waals surface area contributed by atoms with Gasteiger partial charge in [0.25, 0.3) is 0 Å². The number of nitrogens with zero attached hydrogens (tertiary/aromatic N) is 1. The Labute approximate surface area is 106 Å². The predicted molar refractivity (Wildman–Crippen MR) is 72.8 cm³/mol. The molecule has 0 fully saturated rings. The van der Waals surface area contributed by atoms with Gasteiger partial charge in [-0.15, -0.1) is 0 Å². The number of aliphatic hydroxyl groups is 1. The normalized spacial score (nSPS) is 10.9. The van der Waals surface area contributed by atoms with Crippen LogP contribution in [0, 0.1) is 5.92 Å². The first-order valence-electron chi connectivity index (χ1n) is 5.65. The lowest BCUT2D eigenvalue weighted by atomic mass is 10.1. The van der Waals surface area contributed by atoms with Gasteiger partial charge in [0, 0.05) is 29.3 Å². The fourth-order valence-corrected chi connectivity index (χ4v) is 1.95. The van der Waals surface area contributed by atoms with Crippen molar-refractivity contribution in [1.29, 1.82) is 0 Å². The lowest BCUT2D eigenvalue weighted by Crippen LogP contribution is -2.21. The lowest BCUT2D eigenvalue weighted by molar-refractivity contribution is 0.282. The molecule has 0 unspecified atom stereocenters. The molecule has 0 atom stereocenters. The van der Waals surface area contributed by atoms with Crippen LogP contribution in [0.15, 0.2) is 22.7 Å². The van der Waals surface area contributed by atoms with E-state index in [9.17, 15) is 5.11 Å². The molecule has 90 valence electrons. The van der Waals surface area contributed by atoms with Crippen LogP contribution in [0.25, 0.3) is 0 Å². The molecule has 1 N–H and O–H groups in total. The Balaban J connectivity index is 2.80. The number of rotatable bonds is 5. The summed E-state index contributed by atoms with van der Waals surface area (Å²) in [6, 6.07) is 5.99. The van der Waals surface area contributed by atoms with E-state index in [4.69, 9.17) is 0 Å². The van der Waals surface area contributed by atoms with Crippen molar-refractivity contribution in [3.63, 3.8) is 0 Å². The van der Waals surface area contributed by atoms with E-state index in [1.165, 1.54) is 0 Å². The summed E-state index contributed by atoms with van der Waals surface area (Å²) in [5.41, 5.74) is 2.09. The zero-order valence-electron chi connectivity index (χ0n) is 10.2. The van der Waals surface area contributed by atoms with Crippen LogP contribution in [-0.4, -0.2) is 18.7 Å². The smallest absolute Gasteiger partial charge is 0.0702 e. The number of hydrogen-bond acceptors (Lipinski definition) is 2.